The van der Waals surface area contributed by atoms with Crippen molar-refractivity contribution in [2.45, 2.75) is 25.9 Å². The van der Waals surface area contributed by atoms with E-state index >= 15 is 0 Å². The number of hydrogen-bond donors (Lipinski definition) is 3. The third-order valence-electron chi connectivity index (χ3n) is 6.88. The first-order valence-corrected chi connectivity index (χ1v) is 13.3. The number of furan rings is 1. The van der Waals surface area contributed by atoms with Crippen molar-refractivity contribution in [2.24, 2.45) is 10.9 Å². The number of fused-ring (bicyclic) bond motifs is 1. The molecule has 1 fully saturated rings. The Balaban J connectivity index is 1.44. The zero-order valence-corrected chi connectivity index (χ0v) is 21.8. The van der Waals surface area contributed by atoms with Gasteiger partial charge in [0.15, 0.2) is 4.80 Å². The van der Waals surface area contributed by atoms with Gasteiger partial charge in [0.1, 0.15) is 17.6 Å². The molecule has 1 saturated heterocycles. The van der Waals surface area contributed by atoms with Gasteiger partial charge in [-0.2, -0.15) is 0 Å². The monoisotopic (exact) mass is 525 g/mol. The van der Waals surface area contributed by atoms with Crippen molar-refractivity contribution >= 4 is 29.0 Å². The number of allylic oxidation sites excluding steroid dienone is 1. The predicted octanol–water partition coefficient (Wildman–Crippen LogP) is 3.19. The topological polar surface area (TPSA) is 101 Å². The van der Waals surface area contributed by atoms with E-state index in [1.165, 1.54) is 11.3 Å². The molecule has 2 aliphatic heterocycles. The minimum absolute atomic E-state index is 0.0345. The molecule has 0 spiro atoms. The lowest BCUT2D eigenvalue weighted by Gasteiger charge is -2.23. The predicted molar refractivity (Wildman–Crippen MR) is 147 cm³/mol. The van der Waals surface area contributed by atoms with Gasteiger partial charge >= 0.3 is 0 Å². The second-order valence-electron chi connectivity index (χ2n) is 9.45. The summed E-state index contributed by atoms with van der Waals surface area (Å²) in [4.78, 5) is 32.7. The number of carbonyl (C=O) groups excluding carboxylic acids is 1. The second-order valence-corrected chi connectivity index (χ2v) is 10.5. The first kappa shape index (κ1) is 24.3. The molecule has 4 heterocycles. The Kier molecular flexibility index (Phi) is 6.40. The lowest BCUT2D eigenvalue weighted by molar-refractivity contribution is -0.113. The molecule has 192 valence electrons. The van der Waals surface area contributed by atoms with Crippen LogP contribution in [0.2, 0.25) is 0 Å². The zero-order chi connectivity index (χ0) is 26.2. The van der Waals surface area contributed by atoms with E-state index < -0.39 is 6.04 Å². The third-order valence-corrected chi connectivity index (χ3v) is 7.88. The Morgan fingerprint density at radius 3 is 2.53 bits per heavy atom. The van der Waals surface area contributed by atoms with Gasteiger partial charge in [-0.1, -0.05) is 65.9 Å². The van der Waals surface area contributed by atoms with Crippen LogP contribution < -0.4 is 31.1 Å². The number of anilines is 1. The third kappa shape index (κ3) is 4.45. The van der Waals surface area contributed by atoms with Crippen LogP contribution in [0.3, 0.4) is 0 Å². The Bertz CT molecular complexity index is 1700. The maximum Gasteiger partial charge on any atom is 0.270 e. The van der Waals surface area contributed by atoms with E-state index in [0.717, 1.165) is 5.56 Å². The molecule has 9 heteroatoms. The molecule has 2 aromatic carbocycles. The molecule has 3 unspecified atom stereocenters. The van der Waals surface area contributed by atoms with Crippen molar-refractivity contribution < 1.29 is 9.21 Å². The number of nitrogens with zero attached hydrogens (tertiary/aromatic N) is 2. The molecule has 2 aromatic heterocycles. The number of thiazole rings is 1. The summed E-state index contributed by atoms with van der Waals surface area (Å²) in [5.41, 5.74) is 9.11. The highest BCUT2D eigenvalue weighted by atomic mass is 32.1. The van der Waals surface area contributed by atoms with Gasteiger partial charge in [0.05, 0.1) is 21.8 Å². The number of aryl methyl sites for hydroxylation is 1. The molecule has 4 aromatic rings. The first-order valence-electron chi connectivity index (χ1n) is 12.5. The van der Waals surface area contributed by atoms with Gasteiger partial charge in [-0.15, -0.1) is 0 Å². The molecule has 38 heavy (non-hydrogen) atoms. The van der Waals surface area contributed by atoms with Gasteiger partial charge in [0.25, 0.3) is 11.5 Å². The molecule has 2 aliphatic rings. The Morgan fingerprint density at radius 2 is 1.82 bits per heavy atom. The fourth-order valence-electron chi connectivity index (χ4n) is 5.07. The standard InChI is InChI=1S/C29H27N5O3S/c1-17-13-14-22(37-17)26-24(27(35)32-21-11-7-4-8-12-21)18(2)31-29-34(26)28(36)23(38-29)15-20-16-30-33-25(20)19-9-5-3-6-10-19/h3-15,20,25-26,30,33H,16H2,1-2H3,(H,32,35)/b23-15+. The zero-order valence-electron chi connectivity index (χ0n) is 21.0. The van der Waals surface area contributed by atoms with Crippen LogP contribution in [0.1, 0.15) is 36.1 Å². The summed E-state index contributed by atoms with van der Waals surface area (Å²) in [5, 5.41) is 2.95. The summed E-state index contributed by atoms with van der Waals surface area (Å²) in [6.07, 6.45) is 2.02. The van der Waals surface area contributed by atoms with Gasteiger partial charge in [-0.3, -0.25) is 19.6 Å². The number of hydrogen-bond acceptors (Lipinski definition) is 7. The molecule has 3 atom stereocenters. The minimum atomic E-state index is -0.726. The summed E-state index contributed by atoms with van der Waals surface area (Å²) in [6, 6.07) is 22.4. The molecule has 0 bridgehead atoms. The summed E-state index contributed by atoms with van der Waals surface area (Å²) in [6.45, 7) is 4.33. The molecule has 0 saturated carbocycles. The molecular weight excluding hydrogens is 498 g/mol. The summed E-state index contributed by atoms with van der Waals surface area (Å²) in [7, 11) is 0. The van der Waals surface area contributed by atoms with Crippen molar-refractivity contribution in [3.63, 3.8) is 0 Å². The molecule has 0 aliphatic carbocycles. The molecule has 0 radical (unpaired) electrons. The van der Waals surface area contributed by atoms with Gasteiger partial charge in [-0.05, 0) is 43.7 Å². The van der Waals surface area contributed by atoms with Crippen LogP contribution in [-0.2, 0) is 4.79 Å². The molecule has 1 amide bonds. The SMILES string of the molecule is CC1=C(C(=O)Nc2ccccc2)C(c2ccc(C)o2)n2c(s/c(=C/C3CNNC3c3ccccc3)c2=O)=N1. The number of amides is 1. The van der Waals surface area contributed by atoms with Crippen LogP contribution in [0.5, 0.6) is 0 Å². The van der Waals surface area contributed by atoms with E-state index in [0.29, 0.717) is 44.4 Å². The number of rotatable bonds is 5. The van der Waals surface area contributed by atoms with Crippen molar-refractivity contribution in [2.75, 3.05) is 11.9 Å². The van der Waals surface area contributed by atoms with Crippen LogP contribution in [0.4, 0.5) is 5.69 Å². The Hall–Kier alpha value is -4.05. The van der Waals surface area contributed by atoms with Gasteiger partial charge < -0.3 is 9.73 Å². The van der Waals surface area contributed by atoms with E-state index in [-0.39, 0.29) is 23.4 Å². The smallest absolute Gasteiger partial charge is 0.270 e. The van der Waals surface area contributed by atoms with Crippen molar-refractivity contribution in [3.8, 4) is 0 Å². The Labute approximate surface area is 223 Å². The van der Waals surface area contributed by atoms with Crippen LogP contribution in [0, 0.1) is 12.8 Å². The molecule has 8 nitrogen and oxygen atoms in total. The fraction of sp³-hybridized carbons (Fsp3) is 0.207. The lowest BCUT2D eigenvalue weighted by atomic mass is 9.95. The number of para-hydroxylation sites is 1. The highest BCUT2D eigenvalue weighted by molar-refractivity contribution is 7.07. The highest BCUT2D eigenvalue weighted by Crippen LogP contribution is 2.32. The van der Waals surface area contributed by atoms with E-state index in [4.69, 9.17) is 9.41 Å². The second kappa shape index (κ2) is 10.0. The minimum Gasteiger partial charge on any atom is -0.464 e. The summed E-state index contributed by atoms with van der Waals surface area (Å²) >= 11 is 1.34. The van der Waals surface area contributed by atoms with Crippen molar-refractivity contribution in [1.29, 1.82) is 0 Å². The number of nitrogens with one attached hydrogen (secondary N) is 3. The van der Waals surface area contributed by atoms with E-state index in [2.05, 4.69) is 28.3 Å². The average Bonchev–Trinajstić information content (AvgIpc) is 3.64. The fourth-order valence-corrected chi connectivity index (χ4v) is 6.16. The van der Waals surface area contributed by atoms with Crippen LogP contribution in [-0.4, -0.2) is 17.0 Å². The van der Waals surface area contributed by atoms with Gasteiger partial charge in [0.2, 0.25) is 0 Å². The average molecular weight is 526 g/mol. The van der Waals surface area contributed by atoms with E-state index in [1.807, 2.05) is 73.7 Å². The summed E-state index contributed by atoms with van der Waals surface area (Å²) < 4.78 is 8.17. The first-order chi connectivity index (χ1) is 18.5. The number of aromatic nitrogens is 1. The Morgan fingerprint density at radius 1 is 1.08 bits per heavy atom. The van der Waals surface area contributed by atoms with Crippen LogP contribution >= 0.6 is 11.3 Å². The van der Waals surface area contributed by atoms with Crippen LogP contribution in [0.25, 0.3) is 6.08 Å². The van der Waals surface area contributed by atoms with E-state index in [9.17, 15) is 9.59 Å². The molecule has 3 N–H and O–H groups in total. The largest absolute Gasteiger partial charge is 0.464 e. The quantitative estimate of drug-likeness (QED) is 0.372. The van der Waals surface area contributed by atoms with Crippen molar-refractivity contribution in [3.05, 3.63) is 121 Å². The van der Waals surface area contributed by atoms with Crippen molar-refractivity contribution in [1.82, 2.24) is 15.4 Å². The van der Waals surface area contributed by atoms with Gasteiger partial charge in [-0.25, -0.2) is 10.4 Å². The summed E-state index contributed by atoms with van der Waals surface area (Å²) in [5.74, 6) is 0.964. The normalized spacial score (nSPS) is 21.3. The molecular formula is C29H27N5O3S. The van der Waals surface area contributed by atoms with Gasteiger partial charge in [0, 0.05) is 18.2 Å². The van der Waals surface area contributed by atoms with E-state index in [1.54, 1.807) is 11.5 Å². The van der Waals surface area contributed by atoms with Crippen LogP contribution in [0.15, 0.2) is 98.3 Å². The molecule has 6 rings (SSSR count). The maximum atomic E-state index is 13.9. The number of benzene rings is 2. The number of carbonyl (C=O) groups is 1. The maximum absolute atomic E-state index is 13.9. The highest BCUT2D eigenvalue weighted by Gasteiger charge is 2.35. The number of hydrazine groups is 1. The lowest BCUT2D eigenvalue weighted by Crippen LogP contribution is -2.40.